The van der Waals surface area contributed by atoms with Gasteiger partial charge in [0.05, 0.1) is 6.21 Å². The predicted molar refractivity (Wildman–Crippen MR) is 110 cm³/mol. The Labute approximate surface area is 156 Å². The Morgan fingerprint density at radius 3 is 2.42 bits per heavy atom. The molecule has 0 heterocycles. The lowest BCUT2D eigenvalue weighted by atomic mass is 10.1. The van der Waals surface area contributed by atoms with Crippen molar-refractivity contribution in [1.29, 1.82) is 0 Å². The highest BCUT2D eigenvalue weighted by molar-refractivity contribution is 5.87. The summed E-state index contributed by atoms with van der Waals surface area (Å²) in [5, 5.41) is 7.39. The number of aryl methyl sites for hydroxylation is 2. The zero-order chi connectivity index (χ0) is 19.1. The molecule has 0 saturated carbocycles. The molecule has 0 fully saturated rings. The van der Waals surface area contributed by atoms with Crippen LogP contribution in [0.3, 0.4) is 0 Å². The first-order valence-corrected chi connectivity index (χ1v) is 8.84. The molecule has 5 nitrogen and oxygen atoms in total. The van der Waals surface area contributed by atoms with Crippen molar-refractivity contribution in [2.24, 2.45) is 5.10 Å². The molecule has 1 amide bonds. The van der Waals surface area contributed by atoms with Gasteiger partial charge in [0.15, 0.2) is 0 Å². The SMILES string of the molecule is CC[C@H](Nc1ccc(C)cc1C)C(=O)NN=Cc1ccc(N(C)C)cc1. The molecule has 2 N–H and O–H groups in total. The first kappa shape index (κ1) is 19.5. The average molecular weight is 352 g/mol. The van der Waals surface area contributed by atoms with Gasteiger partial charge in [-0.25, -0.2) is 5.43 Å². The molecule has 0 aliphatic carbocycles. The fraction of sp³-hybridized carbons (Fsp3) is 0.333. The van der Waals surface area contributed by atoms with Crippen LogP contribution in [0.2, 0.25) is 0 Å². The second-order valence-electron chi connectivity index (χ2n) is 6.64. The number of carbonyl (C=O) groups excluding carboxylic acids is 1. The molecule has 0 aliphatic rings. The number of amides is 1. The van der Waals surface area contributed by atoms with Gasteiger partial charge >= 0.3 is 0 Å². The lowest BCUT2D eigenvalue weighted by molar-refractivity contribution is -0.121. The molecule has 0 aromatic heterocycles. The van der Waals surface area contributed by atoms with Crippen LogP contribution in [-0.2, 0) is 4.79 Å². The molecule has 0 radical (unpaired) electrons. The molecule has 0 saturated heterocycles. The molecule has 0 bridgehead atoms. The van der Waals surface area contributed by atoms with E-state index in [9.17, 15) is 4.79 Å². The summed E-state index contributed by atoms with van der Waals surface area (Å²) in [5.74, 6) is -0.145. The molecule has 2 rings (SSSR count). The van der Waals surface area contributed by atoms with Crippen molar-refractivity contribution in [1.82, 2.24) is 5.43 Å². The van der Waals surface area contributed by atoms with E-state index in [-0.39, 0.29) is 11.9 Å². The van der Waals surface area contributed by atoms with Gasteiger partial charge in [0.2, 0.25) is 0 Å². The lowest BCUT2D eigenvalue weighted by Gasteiger charge is -2.18. The first-order valence-electron chi connectivity index (χ1n) is 8.84. The number of hydrazone groups is 1. The Morgan fingerprint density at radius 1 is 1.15 bits per heavy atom. The highest BCUT2D eigenvalue weighted by Gasteiger charge is 2.16. The molecule has 0 spiro atoms. The van der Waals surface area contributed by atoms with E-state index < -0.39 is 0 Å². The molecule has 1 atom stereocenters. The van der Waals surface area contributed by atoms with E-state index in [1.807, 2.05) is 69.2 Å². The van der Waals surface area contributed by atoms with Crippen LogP contribution in [0.1, 0.15) is 30.0 Å². The van der Waals surface area contributed by atoms with E-state index in [1.54, 1.807) is 6.21 Å². The Kier molecular flexibility index (Phi) is 6.78. The third-order valence-corrected chi connectivity index (χ3v) is 4.23. The summed E-state index contributed by atoms with van der Waals surface area (Å²) in [4.78, 5) is 14.4. The number of hydrogen-bond donors (Lipinski definition) is 2. The summed E-state index contributed by atoms with van der Waals surface area (Å²) >= 11 is 0. The summed E-state index contributed by atoms with van der Waals surface area (Å²) in [7, 11) is 3.99. The van der Waals surface area contributed by atoms with Crippen LogP contribution in [0, 0.1) is 13.8 Å². The van der Waals surface area contributed by atoms with Crippen molar-refractivity contribution < 1.29 is 4.79 Å². The van der Waals surface area contributed by atoms with Crippen molar-refractivity contribution in [3.63, 3.8) is 0 Å². The third kappa shape index (κ3) is 5.34. The van der Waals surface area contributed by atoms with Gasteiger partial charge in [0.1, 0.15) is 6.04 Å². The van der Waals surface area contributed by atoms with Gasteiger partial charge in [-0.1, -0.05) is 36.8 Å². The highest BCUT2D eigenvalue weighted by atomic mass is 16.2. The van der Waals surface area contributed by atoms with Gasteiger partial charge in [-0.2, -0.15) is 5.10 Å². The normalized spacial score (nSPS) is 12.0. The standard InChI is InChI=1S/C21H28N4O/c1-6-19(23-20-12-7-15(2)13-16(20)3)21(26)24-22-14-17-8-10-18(11-9-17)25(4)5/h7-14,19,23H,6H2,1-5H3,(H,24,26)/t19-/m0/s1. The minimum absolute atomic E-state index is 0.145. The first-order chi connectivity index (χ1) is 12.4. The zero-order valence-electron chi connectivity index (χ0n) is 16.2. The topological polar surface area (TPSA) is 56.7 Å². The smallest absolute Gasteiger partial charge is 0.262 e. The van der Waals surface area contributed by atoms with E-state index in [1.165, 1.54) is 5.56 Å². The molecule has 2 aromatic carbocycles. The number of carbonyl (C=O) groups is 1. The maximum atomic E-state index is 12.4. The minimum Gasteiger partial charge on any atom is -0.378 e. The summed E-state index contributed by atoms with van der Waals surface area (Å²) in [5.41, 5.74) is 7.99. The summed E-state index contributed by atoms with van der Waals surface area (Å²) < 4.78 is 0. The van der Waals surface area contributed by atoms with Gasteiger partial charge in [0, 0.05) is 25.5 Å². The van der Waals surface area contributed by atoms with Crippen LogP contribution in [0.4, 0.5) is 11.4 Å². The number of rotatable bonds is 7. The maximum Gasteiger partial charge on any atom is 0.262 e. The number of nitrogens with zero attached hydrogens (tertiary/aromatic N) is 2. The van der Waals surface area contributed by atoms with Crippen molar-refractivity contribution in [2.75, 3.05) is 24.3 Å². The quantitative estimate of drug-likeness (QED) is 0.590. The van der Waals surface area contributed by atoms with E-state index >= 15 is 0 Å². The van der Waals surface area contributed by atoms with E-state index in [0.29, 0.717) is 6.42 Å². The number of benzene rings is 2. The maximum absolute atomic E-state index is 12.4. The van der Waals surface area contributed by atoms with Crippen LogP contribution in [0.15, 0.2) is 47.6 Å². The van der Waals surface area contributed by atoms with E-state index in [4.69, 9.17) is 0 Å². The van der Waals surface area contributed by atoms with Crippen molar-refractivity contribution in [2.45, 2.75) is 33.2 Å². The lowest BCUT2D eigenvalue weighted by Crippen LogP contribution is -2.37. The highest BCUT2D eigenvalue weighted by Crippen LogP contribution is 2.18. The largest absolute Gasteiger partial charge is 0.378 e. The fourth-order valence-electron chi connectivity index (χ4n) is 2.62. The summed E-state index contributed by atoms with van der Waals surface area (Å²) in [6.45, 7) is 6.07. The Balaban J connectivity index is 1.95. The van der Waals surface area contributed by atoms with Gasteiger partial charge in [-0.05, 0) is 49.6 Å². The molecule has 5 heteroatoms. The van der Waals surface area contributed by atoms with Crippen LogP contribution >= 0.6 is 0 Å². The molecule has 0 aliphatic heterocycles. The van der Waals surface area contributed by atoms with Gasteiger partial charge in [-0.15, -0.1) is 0 Å². The number of nitrogens with one attached hydrogen (secondary N) is 2. The molecule has 2 aromatic rings. The van der Waals surface area contributed by atoms with Crippen LogP contribution in [0.5, 0.6) is 0 Å². The summed E-state index contributed by atoms with van der Waals surface area (Å²) in [6, 6.07) is 13.8. The number of hydrogen-bond acceptors (Lipinski definition) is 4. The Bertz CT molecular complexity index is 766. The Hall–Kier alpha value is -2.82. The molecule has 26 heavy (non-hydrogen) atoms. The predicted octanol–water partition coefficient (Wildman–Crippen LogP) is 3.71. The minimum atomic E-state index is -0.329. The van der Waals surface area contributed by atoms with E-state index in [0.717, 1.165) is 22.5 Å². The zero-order valence-corrected chi connectivity index (χ0v) is 16.2. The fourth-order valence-corrected chi connectivity index (χ4v) is 2.62. The second kappa shape index (κ2) is 9.04. The van der Waals surface area contributed by atoms with Gasteiger partial charge in [0.25, 0.3) is 5.91 Å². The van der Waals surface area contributed by atoms with Gasteiger partial charge < -0.3 is 10.2 Å². The van der Waals surface area contributed by atoms with Crippen molar-refractivity contribution in [3.05, 3.63) is 59.2 Å². The molecular formula is C21H28N4O. The van der Waals surface area contributed by atoms with Crippen molar-refractivity contribution >= 4 is 23.5 Å². The van der Waals surface area contributed by atoms with Gasteiger partial charge in [-0.3, -0.25) is 4.79 Å². The average Bonchev–Trinajstić information content (AvgIpc) is 2.61. The van der Waals surface area contributed by atoms with Crippen LogP contribution in [0.25, 0.3) is 0 Å². The van der Waals surface area contributed by atoms with Crippen LogP contribution in [-0.4, -0.2) is 32.3 Å². The van der Waals surface area contributed by atoms with Crippen molar-refractivity contribution in [3.8, 4) is 0 Å². The Morgan fingerprint density at radius 2 is 1.85 bits per heavy atom. The van der Waals surface area contributed by atoms with E-state index in [2.05, 4.69) is 28.8 Å². The molecular weight excluding hydrogens is 324 g/mol. The third-order valence-electron chi connectivity index (χ3n) is 4.23. The second-order valence-corrected chi connectivity index (χ2v) is 6.64. The summed E-state index contributed by atoms with van der Waals surface area (Å²) in [6.07, 6.45) is 2.33. The monoisotopic (exact) mass is 352 g/mol. The molecule has 0 unspecified atom stereocenters. The van der Waals surface area contributed by atoms with Crippen LogP contribution < -0.4 is 15.6 Å². The molecule has 138 valence electrons. The number of anilines is 2.